The van der Waals surface area contributed by atoms with Crippen LogP contribution in [-0.4, -0.2) is 48.5 Å². The summed E-state index contributed by atoms with van der Waals surface area (Å²) >= 11 is 0. The summed E-state index contributed by atoms with van der Waals surface area (Å²) in [6.45, 7) is 2.37. The molecular weight excluding hydrogens is 330 g/mol. The average Bonchev–Trinajstić information content (AvgIpc) is 2.70. The number of benzene rings is 1. The van der Waals surface area contributed by atoms with Crippen molar-refractivity contribution in [2.45, 2.75) is 19.4 Å². The Morgan fingerprint density at radius 2 is 2.04 bits per heavy atom. The number of amides is 2. The number of rotatable bonds is 6. The van der Waals surface area contributed by atoms with Crippen LogP contribution in [0.3, 0.4) is 0 Å². The van der Waals surface area contributed by atoms with Crippen LogP contribution in [0.2, 0.25) is 0 Å². The largest absolute Gasteiger partial charge is 0.385 e. The van der Waals surface area contributed by atoms with Gasteiger partial charge in [-0.25, -0.2) is 0 Å². The fraction of sp³-hybridized carbons (Fsp3) is 0.350. The van der Waals surface area contributed by atoms with Gasteiger partial charge < -0.3 is 15.0 Å². The third-order valence-corrected chi connectivity index (χ3v) is 4.47. The van der Waals surface area contributed by atoms with Crippen molar-refractivity contribution in [2.75, 3.05) is 26.8 Å². The molecule has 1 N–H and O–H groups in total. The van der Waals surface area contributed by atoms with E-state index in [9.17, 15) is 9.59 Å². The third-order valence-electron chi connectivity index (χ3n) is 4.47. The van der Waals surface area contributed by atoms with Crippen LogP contribution in [0.1, 0.15) is 38.4 Å². The summed E-state index contributed by atoms with van der Waals surface area (Å²) in [6.07, 6.45) is 3.09. The molecule has 1 aromatic carbocycles. The first-order chi connectivity index (χ1) is 12.7. The first-order valence-electron chi connectivity index (χ1n) is 8.78. The summed E-state index contributed by atoms with van der Waals surface area (Å²) < 4.78 is 4.96. The Labute approximate surface area is 153 Å². The Balaban J connectivity index is 1.66. The predicted molar refractivity (Wildman–Crippen MR) is 97.9 cm³/mol. The SMILES string of the molecule is COCCCNC(=O)c1cc(C(=O)N2CCc3ccccc3C2)ccn1. The van der Waals surface area contributed by atoms with E-state index in [-0.39, 0.29) is 17.5 Å². The van der Waals surface area contributed by atoms with Crippen molar-refractivity contribution in [3.8, 4) is 0 Å². The maximum Gasteiger partial charge on any atom is 0.269 e. The van der Waals surface area contributed by atoms with Gasteiger partial charge in [-0.2, -0.15) is 0 Å². The Bertz CT molecular complexity index is 791. The highest BCUT2D eigenvalue weighted by Crippen LogP contribution is 2.20. The van der Waals surface area contributed by atoms with Crippen LogP contribution >= 0.6 is 0 Å². The first kappa shape index (κ1) is 18.1. The standard InChI is InChI=1S/C20H23N3O3/c1-26-12-4-9-22-19(24)18-13-16(7-10-21-18)20(25)23-11-8-15-5-2-3-6-17(15)14-23/h2-3,5-7,10,13H,4,8-9,11-12,14H2,1H3,(H,22,24). The van der Waals surface area contributed by atoms with Gasteiger partial charge in [-0.1, -0.05) is 24.3 Å². The maximum absolute atomic E-state index is 12.8. The van der Waals surface area contributed by atoms with Gasteiger partial charge in [-0.15, -0.1) is 0 Å². The first-order valence-corrected chi connectivity index (χ1v) is 8.78. The van der Waals surface area contributed by atoms with Crippen molar-refractivity contribution in [3.05, 3.63) is 65.0 Å². The number of hydrogen-bond acceptors (Lipinski definition) is 4. The molecule has 0 spiro atoms. The van der Waals surface area contributed by atoms with Gasteiger partial charge in [0.25, 0.3) is 11.8 Å². The maximum atomic E-state index is 12.8. The molecule has 2 heterocycles. The van der Waals surface area contributed by atoms with Crippen LogP contribution in [0.15, 0.2) is 42.6 Å². The van der Waals surface area contributed by atoms with E-state index in [1.54, 1.807) is 19.2 Å². The molecule has 6 heteroatoms. The van der Waals surface area contributed by atoms with Crippen molar-refractivity contribution in [2.24, 2.45) is 0 Å². The zero-order valence-corrected chi connectivity index (χ0v) is 14.9. The monoisotopic (exact) mass is 353 g/mol. The lowest BCUT2D eigenvalue weighted by Crippen LogP contribution is -2.36. The molecular formula is C20H23N3O3. The van der Waals surface area contributed by atoms with E-state index >= 15 is 0 Å². The molecule has 1 aromatic heterocycles. The summed E-state index contributed by atoms with van der Waals surface area (Å²) in [7, 11) is 1.62. The number of nitrogens with one attached hydrogen (secondary N) is 1. The zero-order valence-electron chi connectivity index (χ0n) is 14.9. The third kappa shape index (κ3) is 4.26. The zero-order chi connectivity index (χ0) is 18.4. The molecule has 26 heavy (non-hydrogen) atoms. The van der Waals surface area contributed by atoms with Crippen molar-refractivity contribution in [1.29, 1.82) is 0 Å². The molecule has 0 saturated carbocycles. The summed E-state index contributed by atoms with van der Waals surface area (Å²) in [5.74, 6) is -0.352. The Kier molecular flexibility index (Phi) is 5.96. The number of carbonyl (C=O) groups is 2. The van der Waals surface area contributed by atoms with E-state index in [1.165, 1.54) is 17.3 Å². The molecule has 0 atom stereocenters. The number of carbonyl (C=O) groups excluding carboxylic acids is 2. The van der Waals surface area contributed by atoms with E-state index < -0.39 is 0 Å². The summed E-state index contributed by atoms with van der Waals surface area (Å²) in [4.78, 5) is 30.9. The second-order valence-corrected chi connectivity index (χ2v) is 6.28. The second-order valence-electron chi connectivity index (χ2n) is 6.28. The van der Waals surface area contributed by atoms with Crippen molar-refractivity contribution >= 4 is 11.8 Å². The smallest absolute Gasteiger partial charge is 0.269 e. The van der Waals surface area contributed by atoms with E-state index in [0.717, 1.165) is 12.8 Å². The highest BCUT2D eigenvalue weighted by molar-refractivity contribution is 5.98. The molecule has 0 bridgehead atoms. The van der Waals surface area contributed by atoms with E-state index in [2.05, 4.69) is 22.4 Å². The molecule has 0 radical (unpaired) electrons. The molecule has 1 aliphatic heterocycles. The number of ether oxygens (including phenoxy) is 1. The van der Waals surface area contributed by atoms with Gasteiger partial charge in [0.05, 0.1) is 0 Å². The van der Waals surface area contributed by atoms with Crippen LogP contribution in [-0.2, 0) is 17.7 Å². The number of hydrogen-bond donors (Lipinski definition) is 1. The molecule has 2 amide bonds. The van der Waals surface area contributed by atoms with E-state index in [4.69, 9.17) is 4.74 Å². The summed E-state index contributed by atoms with van der Waals surface area (Å²) in [5.41, 5.74) is 3.21. The Morgan fingerprint density at radius 1 is 1.23 bits per heavy atom. The molecule has 0 fully saturated rings. The van der Waals surface area contributed by atoms with Gasteiger partial charge >= 0.3 is 0 Å². The van der Waals surface area contributed by atoms with Crippen molar-refractivity contribution < 1.29 is 14.3 Å². The Hall–Kier alpha value is -2.73. The lowest BCUT2D eigenvalue weighted by atomic mass is 9.99. The van der Waals surface area contributed by atoms with Crippen LogP contribution in [0.4, 0.5) is 0 Å². The van der Waals surface area contributed by atoms with Crippen LogP contribution in [0, 0.1) is 0 Å². The van der Waals surface area contributed by atoms with Gasteiger partial charge in [0.2, 0.25) is 0 Å². The number of pyridine rings is 1. The van der Waals surface area contributed by atoms with Gasteiger partial charge in [0.1, 0.15) is 5.69 Å². The lowest BCUT2D eigenvalue weighted by molar-refractivity contribution is 0.0734. The molecule has 136 valence electrons. The van der Waals surface area contributed by atoms with Gasteiger partial charge in [-0.05, 0) is 36.1 Å². The van der Waals surface area contributed by atoms with Gasteiger partial charge in [0.15, 0.2) is 0 Å². The molecule has 6 nitrogen and oxygen atoms in total. The molecule has 3 rings (SSSR count). The van der Waals surface area contributed by atoms with Crippen LogP contribution in [0.5, 0.6) is 0 Å². The van der Waals surface area contributed by atoms with Gasteiger partial charge in [0, 0.05) is 45.1 Å². The molecule has 2 aromatic rings. The quantitative estimate of drug-likeness (QED) is 0.807. The minimum atomic E-state index is -0.278. The summed E-state index contributed by atoms with van der Waals surface area (Å²) in [5, 5.41) is 2.79. The number of nitrogens with zero attached hydrogens (tertiary/aromatic N) is 2. The summed E-state index contributed by atoms with van der Waals surface area (Å²) in [6, 6.07) is 11.4. The average molecular weight is 353 g/mol. The number of fused-ring (bicyclic) bond motifs is 1. The molecule has 1 aliphatic rings. The van der Waals surface area contributed by atoms with Crippen molar-refractivity contribution in [3.63, 3.8) is 0 Å². The lowest BCUT2D eigenvalue weighted by Gasteiger charge is -2.29. The molecule has 0 unspecified atom stereocenters. The van der Waals surface area contributed by atoms with E-state index in [1.807, 2.05) is 17.0 Å². The highest BCUT2D eigenvalue weighted by Gasteiger charge is 2.22. The minimum absolute atomic E-state index is 0.0738. The topological polar surface area (TPSA) is 71.5 Å². The number of methoxy groups -OCH3 is 1. The minimum Gasteiger partial charge on any atom is -0.385 e. The number of aromatic nitrogens is 1. The molecule has 0 aliphatic carbocycles. The van der Waals surface area contributed by atoms with Crippen LogP contribution < -0.4 is 5.32 Å². The van der Waals surface area contributed by atoms with Gasteiger partial charge in [-0.3, -0.25) is 14.6 Å². The van der Waals surface area contributed by atoms with Crippen LogP contribution in [0.25, 0.3) is 0 Å². The molecule has 0 saturated heterocycles. The van der Waals surface area contributed by atoms with E-state index in [0.29, 0.717) is 31.8 Å². The Morgan fingerprint density at radius 3 is 2.85 bits per heavy atom. The normalized spacial score (nSPS) is 13.2. The fourth-order valence-corrected chi connectivity index (χ4v) is 3.05. The second kappa shape index (κ2) is 8.58. The van der Waals surface area contributed by atoms with Crippen molar-refractivity contribution in [1.82, 2.24) is 15.2 Å². The predicted octanol–water partition coefficient (Wildman–Crippen LogP) is 2.05. The fourth-order valence-electron chi connectivity index (χ4n) is 3.05. The highest BCUT2D eigenvalue weighted by atomic mass is 16.5.